The first-order chi connectivity index (χ1) is 12.7. The number of nitrogens with one attached hydrogen (secondary N) is 1. The van der Waals surface area contributed by atoms with E-state index >= 15 is 0 Å². The Kier molecular flexibility index (Phi) is 6.68. The third kappa shape index (κ3) is 5.89. The topological polar surface area (TPSA) is 93.8 Å². The number of halogens is 1. The van der Waals surface area contributed by atoms with Gasteiger partial charge in [-0.2, -0.15) is 5.10 Å². The Balaban J connectivity index is 1.93. The summed E-state index contributed by atoms with van der Waals surface area (Å²) in [6.45, 7) is 6.09. The average molecular weight is 434 g/mol. The number of hydrazone groups is 1. The van der Waals surface area contributed by atoms with Gasteiger partial charge >= 0.3 is 0 Å². The molecule has 0 saturated heterocycles. The van der Waals surface area contributed by atoms with Crippen LogP contribution >= 0.6 is 15.9 Å². The average Bonchev–Trinajstić information content (AvgIpc) is 2.60. The number of hydrogen-bond acceptors (Lipinski definition) is 5. The first kappa shape index (κ1) is 20.6. The molecule has 142 valence electrons. The lowest BCUT2D eigenvalue weighted by molar-refractivity contribution is -0.385. The summed E-state index contributed by atoms with van der Waals surface area (Å²) >= 11 is 3.44. The lowest BCUT2D eigenvalue weighted by Crippen LogP contribution is -2.24. The fourth-order valence-corrected chi connectivity index (χ4v) is 2.69. The summed E-state index contributed by atoms with van der Waals surface area (Å²) < 4.78 is 6.25. The summed E-state index contributed by atoms with van der Waals surface area (Å²) in [5.74, 6) is 0.0671. The highest BCUT2D eigenvalue weighted by molar-refractivity contribution is 9.10. The smallest absolute Gasteiger partial charge is 0.278 e. The van der Waals surface area contributed by atoms with Crippen molar-refractivity contribution in [2.24, 2.45) is 5.10 Å². The summed E-state index contributed by atoms with van der Waals surface area (Å²) in [5, 5.41) is 14.7. The summed E-state index contributed by atoms with van der Waals surface area (Å²) in [5.41, 5.74) is 3.64. The molecule has 0 radical (unpaired) electrons. The maximum Gasteiger partial charge on any atom is 0.278 e. The predicted molar refractivity (Wildman–Crippen MR) is 107 cm³/mol. The van der Waals surface area contributed by atoms with Crippen molar-refractivity contribution < 1.29 is 14.5 Å². The van der Waals surface area contributed by atoms with Crippen LogP contribution in [0, 0.1) is 10.1 Å². The number of ether oxygens (including phenoxy) is 1. The third-order valence-corrected chi connectivity index (χ3v) is 4.30. The van der Waals surface area contributed by atoms with Gasteiger partial charge < -0.3 is 4.74 Å². The van der Waals surface area contributed by atoms with Gasteiger partial charge in [0.1, 0.15) is 5.75 Å². The van der Waals surface area contributed by atoms with Crippen LogP contribution in [-0.4, -0.2) is 23.7 Å². The van der Waals surface area contributed by atoms with Crippen molar-refractivity contribution in [2.75, 3.05) is 6.61 Å². The molecular formula is C19H20BrN3O4. The molecule has 1 amide bonds. The normalized spacial score (nSPS) is 11.4. The van der Waals surface area contributed by atoms with E-state index in [9.17, 15) is 14.9 Å². The molecular weight excluding hydrogens is 414 g/mol. The molecule has 7 nitrogen and oxygen atoms in total. The molecule has 0 heterocycles. The second-order valence-electron chi connectivity index (χ2n) is 6.79. The van der Waals surface area contributed by atoms with E-state index in [2.05, 4.69) is 47.2 Å². The number of nitro benzene ring substituents is 1. The maximum absolute atomic E-state index is 11.9. The van der Waals surface area contributed by atoms with Crippen LogP contribution in [0.25, 0.3) is 0 Å². The second kappa shape index (κ2) is 8.77. The number of carbonyl (C=O) groups excluding carboxylic acids is 1. The van der Waals surface area contributed by atoms with Gasteiger partial charge in [0.15, 0.2) is 6.61 Å². The highest BCUT2D eigenvalue weighted by Gasteiger charge is 2.15. The van der Waals surface area contributed by atoms with Crippen molar-refractivity contribution >= 4 is 33.7 Å². The van der Waals surface area contributed by atoms with Gasteiger partial charge in [0.2, 0.25) is 0 Å². The van der Waals surface area contributed by atoms with Crippen molar-refractivity contribution in [2.45, 2.75) is 26.2 Å². The lowest BCUT2D eigenvalue weighted by atomic mass is 9.87. The van der Waals surface area contributed by atoms with Crippen LogP contribution in [0.4, 0.5) is 5.69 Å². The van der Waals surface area contributed by atoms with E-state index in [0.29, 0.717) is 11.3 Å². The molecule has 2 aromatic carbocycles. The Bertz CT molecular complexity index is 875. The molecule has 0 atom stereocenters. The number of carbonyl (C=O) groups is 1. The van der Waals surface area contributed by atoms with Crippen LogP contribution in [0.1, 0.15) is 31.9 Å². The minimum Gasteiger partial charge on any atom is -0.483 e. The molecule has 0 unspecified atom stereocenters. The standard InChI is InChI=1S/C19H20BrN3O4/c1-19(2,3)14-8-9-17(15(20)10-14)27-12-18(24)22-21-11-13-6-4-5-7-16(13)23(25)26/h4-11H,12H2,1-3H3,(H,22,24). The first-order valence-corrected chi connectivity index (χ1v) is 8.96. The monoisotopic (exact) mass is 433 g/mol. The quantitative estimate of drug-likeness (QED) is 0.419. The van der Waals surface area contributed by atoms with E-state index in [4.69, 9.17) is 4.74 Å². The summed E-state index contributed by atoms with van der Waals surface area (Å²) in [7, 11) is 0. The highest BCUT2D eigenvalue weighted by Crippen LogP contribution is 2.31. The highest BCUT2D eigenvalue weighted by atomic mass is 79.9. The number of amides is 1. The first-order valence-electron chi connectivity index (χ1n) is 8.16. The molecule has 0 saturated carbocycles. The molecule has 2 aromatic rings. The van der Waals surface area contributed by atoms with Gasteiger partial charge in [-0.25, -0.2) is 5.43 Å². The van der Waals surface area contributed by atoms with Gasteiger partial charge in [0, 0.05) is 6.07 Å². The predicted octanol–water partition coefficient (Wildman–Crippen LogP) is 4.18. The van der Waals surface area contributed by atoms with Crippen LogP contribution in [0.2, 0.25) is 0 Å². The van der Waals surface area contributed by atoms with Gasteiger partial charge in [-0.15, -0.1) is 0 Å². The van der Waals surface area contributed by atoms with E-state index in [0.717, 1.165) is 10.0 Å². The van der Waals surface area contributed by atoms with Gasteiger partial charge in [-0.3, -0.25) is 14.9 Å². The molecule has 8 heteroatoms. The van der Waals surface area contributed by atoms with Crippen LogP contribution < -0.4 is 10.2 Å². The summed E-state index contributed by atoms with van der Waals surface area (Å²) in [6.07, 6.45) is 1.23. The molecule has 0 spiro atoms. The van der Waals surface area contributed by atoms with Crippen LogP contribution in [0.5, 0.6) is 5.75 Å². The largest absolute Gasteiger partial charge is 0.483 e. The molecule has 0 aliphatic heterocycles. The van der Waals surface area contributed by atoms with E-state index < -0.39 is 10.8 Å². The van der Waals surface area contributed by atoms with Crippen molar-refractivity contribution in [1.82, 2.24) is 5.43 Å². The minimum absolute atomic E-state index is 0.00713. The molecule has 0 aliphatic rings. The Morgan fingerprint density at radius 3 is 2.63 bits per heavy atom. The Morgan fingerprint density at radius 2 is 2.00 bits per heavy atom. The minimum atomic E-state index is -0.509. The SMILES string of the molecule is CC(C)(C)c1ccc(OCC(=O)NN=Cc2ccccc2[N+](=O)[O-])c(Br)c1. The number of nitro groups is 1. The van der Waals surface area contributed by atoms with E-state index in [1.54, 1.807) is 18.2 Å². The molecule has 0 fully saturated rings. The van der Waals surface area contributed by atoms with Gasteiger partial charge in [0.25, 0.3) is 11.6 Å². The van der Waals surface area contributed by atoms with Crippen LogP contribution in [0.3, 0.4) is 0 Å². The van der Waals surface area contributed by atoms with Crippen molar-refractivity contribution in [1.29, 1.82) is 0 Å². The van der Waals surface area contributed by atoms with Crippen molar-refractivity contribution in [3.8, 4) is 5.75 Å². The third-order valence-electron chi connectivity index (χ3n) is 3.68. The Morgan fingerprint density at radius 1 is 1.30 bits per heavy atom. The molecule has 0 aromatic heterocycles. The molecule has 1 N–H and O–H groups in total. The number of rotatable bonds is 6. The van der Waals surface area contributed by atoms with E-state index in [1.165, 1.54) is 18.3 Å². The van der Waals surface area contributed by atoms with Gasteiger partial charge in [-0.05, 0) is 45.1 Å². The second-order valence-corrected chi connectivity index (χ2v) is 7.65. The number of nitrogens with zero attached hydrogens (tertiary/aromatic N) is 2. The van der Waals surface area contributed by atoms with Crippen molar-refractivity contribution in [3.05, 3.63) is 68.2 Å². The number of benzene rings is 2. The molecule has 2 rings (SSSR count). The maximum atomic E-state index is 11.9. The Hall–Kier alpha value is -2.74. The molecule has 27 heavy (non-hydrogen) atoms. The molecule has 0 aliphatic carbocycles. The van der Waals surface area contributed by atoms with E-state index in [1.807, 2.05) is 12.1 Å². The lowest BCUT2D eigenvalue weighted by Gasteiger charge is -2.20. The number of hydrogen-bond donors (Lipinski definition) is 1. The zero-order valence-electron chi connectivity index (χ0n) is 15.2. The van der Waals surface area contributed by atoms with Gasteiger partial charge in [-0.1, -0.05) is 39.0 Å². The Labute approximate surface area is 165 Å². The zero-order valence-corrected chi connectivity index (χ0v) is 16.8. The van der Waals surface area contributed by atoms with E-state index in [-0.39, 0.29) is 17.7 Å². The number of para-hydroxylation sites is 1. The van der Waals surface area contributed by atoms with Crippen LogP contribution in [-0.2, 0) is 10.2 Å². The zero-order chi connectivity index (χ0) is 20.0. The fraction of sp³-hybridized carbons (Fsp3) is 0.263. The summed E-state index contributed by atoms with van der Waals surface area (Å²) in [6, 6.07) is 11.8. The summed E-state index contributed by atoms with van der Waals surface area (Å²) in [4.78, 5) is 22.3. The molecule has 0 bridgehead atoms. The van der Waals surface area contributed by atoms with Crippen LogP contribution in [0.15, 0.2) is 52.0 Å². The fourth-order valence-electron chi connectivity index (χ4n) is 2.20. The van der Waals surface area contributed by atoms with Crippen molar-refractivity contribution in [3.63, 3.8) is 0 Å². The van der Waals surface area contributed by atoms with Gasteiger partial charge in [0.05, 0.1) is 21.2 Å².